The lowest BCUT2D eigenvalue weighted by Gasteiger charge is -2.01. The fourth-order valence-corrected chi connectivity index (χ4v) is 3.75. The Morgan fingerprint density at radius 2 is 2.29 bits per heavy atom. The van der Waals surface area contributed by atoms with Crippen LogP contribution in [0.4, 0.5) is 5.69 Å². The molecule has 106 valence electrons. The van der Waals surface area contributed by atoms with Crippen molar-refractivity contribution < 1.29 is 5.11 Å². The summed E-state index contributed by atoms with van der Waals surface area (Å²) in [5, 5.41) is 10.3. The molecule has 0 saturated heterocycles. The van der Waals surface area contributed by atoms with Crippen molar-refractivity contribution in [3.05, 3.63) is 49.7 Å². The van der Waals surface area contributed by atoms with Crippen molar-refractivity contribution in [1.82, 2.24) is 4.57 Å². The molecule has 0 bridgehead atoms. The van der Waals surface area contributed by atoms with Crippen molar-refractivity contribution >= 4 is 63.0 Å². The van der Waals surface area contributed by atoms with Crippen LogP contribution >= 0.6 is 39.5 Å². The van der Waals surface area contributed by atoms with E-state index in [4.69, 9.17) is 12.2 Å². The lowest BCUT2D eigenvalue weighted by Crippen LogP contribution is -1.93. The lowest BCUT2D eigenvalue weighted by atomic mass is 10.1. The van der Waals surface area contributed by atoms with E-state index < -0.39 is 0 Å². The van der Waals surface area contributed by atoms with Crippen LogP contribution in [0.5, 0.6) is 5.88 Å². The van der Waals surface area contributed by atoms with Gasteiger partial charge in [0.25, 0.3) is 0 Å². The minimum atomic E-state index is 0.175. The molecule has 0 radical (unpaired) electrons. The molecule has 1 aromatic heterocycles. The number of thiazole rings is 1. The highest BCUT2D eigenvalue weighted by molar-refractivity contribution is 9.10. The van der Waals surface area contributed by atoms with E-state index >= 15 is 0 Å². The first-order chi connectivity index (χ1) is 10.1. The highest BCUT2D eigenvalue weighted by Crippen LogP contribution is 2.37. The fraction of sp³-hybridized carbons (Fsp3) is 0.0667. The van der Waals surface area contributed by atoms with Gasteiger partial charge in [0.1, 0.15) is 0 Å². The van der Waals surface area contributed by atoms with Gasteiger partial charge < -0.3 is 5.11 Å². The molecule has 3 nitrogen and oxygen atoms in total. The summed E-state index contributed by atoms with van der Waals surface area (Å²) in [5.41, 5.74) is 2.93. The number of hydrogen-bond donors (Lipinski definition) is 1. The number of rotatable bonds is 3. The summed E-state index contributed by atoms with van der Waals surface area (Å²) in [7, 11) is 0. The maximum absolute atomic E-state index is 10.3. The highest BCUT2D eigenvalue weighted by Gasteiger charge is 2.15. The van der Waals surface area contributed by atoms with Gasteiger partial charge in [-0.15, -0.1) is 17.9 Å². The van der Waals surface area contributed by atoms with Crippen molar-refractivity contribution in [3.63, 3.8) is 0 Å². The van der Waals surface area contributed by atoms with Gasteiger partial charge in [0.2, 0.25) is 5.88 Å². The predicted octanol–water partition coefficient (Wildman–Crippen LogP) is 5.19. The Morgan fingerprint density at radius 1 is 1.48 bits per heavy atom. The van der Waals surface area contributed by atoms with Crippen molar-refractivity contribution in [2.24, 2.45) is 4.99 Å². The molecule has 0 aliphatic carbocycles. The van der Waals surface area contributed by atoms with Crippen molar-refractivity contribution in [1.29, 1.82) is 0 Å². The van der Waals surface area contributed by atoms with Gasteiger partial charge in [-0.25, -0.2) is 0 Å². The summed E-state index contributed by atoms with van der Waals surface area (Å²) < 4.78 is 3.29. The fourth-order valence-electron chi connectivity index (χ4n) is 2.12. The molecule has 0 amide bonds. The third kappa shape index (κ3) is 2.66. The van der Waals surface area contributed by atoms with Gasteiger partial charge in [-0.05, 0) is 36.5 Å². The number of allylic oxidation sites excluding steroid dienone is 2. The molecule has 0 fully saturated rings. The van der Waals surface area contributed by atoms with E-state index in [1.54, 1.807) is 16.9 Å². The van der Waals surface area contributed by atoms with Crippen LogP contribution in [0.3, 0.4) is 0 Å². The largest absolute Gasteiger partial charge is 0.493 e. The van der Waals surface area contributed by atoms with Crippen LogP contribution in [-0.4, -0.2) is 15.9 Å². The van der Waals surface area contributed by atoms with E-state index in [0.29, 0.717) is 10.5 Å². The number of aliphatic imine (C=N–C) groups is 1. The maximum Gasteiger partial charge on any atom is 0.210 e. The quantitative estimate of drug-likeness (QED) is 0.589. The second-order valence-electron chi connectivity index (χ2n) is 4.47. The number of aromatic hydroxyl groups is 1. The Kier molecular flexibility index (Phi) is 3.93. The standard InChI is InChI=1S/C15H11BrN2OS2/c1-2-5-18-14(19)13(21-15(18)20)6-9-8-17-12-4-3-10(16)7-11(9)12/h2-4,6-8,19H,1,5H2. The van der Waals surface area contributed by atoms with E-state index in [2.05, 4.69) is 27.5 Å². The van der Waals surface area contributed by atoms with E-state index in [1.807, 2.05) is 24.3 Å². The number of hydrogen-bond acceptors (Lipinski definition) is 4. The summed E-state index contributed by atoms with van der Waals surface area (Å²) >= 11 is 10.1. The summed E-state index contributed by atoms with van der Waals surface area (Å²) in [5.74, 6) is 0.175. The molecule has 1 aliphatic rings. The Hall–Kier alpha value is -1.50. The Bertz CT molecular complexity index is 846. The highest BCUT2D eigenvalue weighted by atomic mass is 79.9. The molecule has 21 heavy (non-hydrogen) atoms. The zero-order valence-electron chi connectivity index (χ0n) is 10.9. The molecule has 0 saturated carbocycles. The molecule has 0 unspecified atom stereocenters. The normalized spacial score (nSPS) is 14.6. The molecular formula is C15H11BrN2OS2. The van der Waals surface area contributed by atoms with Gasteiger partial charge in [-0.1, -0.05) is 22.0 Å². The minimum absolute atomic E-state index is 0.175. The average Bonchev–Trinajstić information content (AvgIpc) is 2.96. The number of halogens is 1. The minimum Gasteiger partial charge on any atom is -0.493 e. The van der Waals surface area contributed by atoms with Gasteiger partial charge >= 0.3 is 0 Å². The number of fused-ring (bicyclic) bond motifs is 1. The summed E-state index contributed by atoms with van der Waals surface area (Å²) in [6, 6.07) is 5.94. The van der Waals surface area contributed by atoms with Crippen molar-refractivity contribution in [2.75, 3.05) is 0 Å². The summed E-state index contributed by atoms with van der Waals surface area (Å²) in [6.07, 6.45) is 5.43. The first-order valence-electron chi connectivity index (χ1n) is 6.19. The Morgan fingerprint density at radius 3 is 3.05 bits per heavy atom. The third-order valence-electron chi connectivity index (χ3n) is 3.10. The number of nitrogens with zero attached hydrogens (tertiary/aromatic N) is 2. The van der Waals surface area contributed by atoms with Crippen LogP contribution in [-0.2, 0) is 6.54 Å². The molecule has 1 N–H and O–H groups in total. The van der Waals surface area contributed by atoms with Gasteiger partial charge in [-0.2, -0.15) is 0 Å². The van der Waals surface area contributed by atoms with E-state index in [9.17, 15) is 5.11 Å². The molecule has 2 heterocycles. The Labute approximate surface area is 139 Å². The average molecular weight is 379 g/mol. The van der Waals surface area contributed by atoms with Crippen LogP contribution in [0.25, 0.3) is 11.6 Å². The van der Waals surface area contributed by atoms with Crippen molar-refractivity contribution in [3.8, 4) is 5.88 Å². The zero-order chi connectivity index (χ0) is 15.0. The molecule has 0 atom stereocenters. The second-order valence-corrected chi connectivity index (χ2v) is 7.07. The topological polar surface area (TPSA) is 37.5 Å². The molecule has 3 rings (SSSR count). The molecule has 2 aromatic rings. The van der Waals surface area contributed by atoms with Gasteiger partial charge in [-0.3, -0.25) is 9.56 Å². The zero-order valence-corrected chi connectivity index (χ0v) is 14.1. The molecule has 6 heteroatoms. The SMILES string of the molecule is C=CCn1c(O)c(C=C2C=Nc3ccc(Br)cc32)sc1=S. The molecular weight excluding hydrogens is 368 g/mol. The Balaban J connectivity index is 2.08. The monoisotopic (exact) mass is 378 g/mol. The van der Waals surface area contributed by atoms with Crippen molar-refractivity contribution in [2.45, 2.75) is 6.54 Å². The van der Waals surface area contributed by atoms with Crippen LogP contribution in [0.15, 0.2) is 40.3 Å². The molecule has 0 spiro atoms. The molecule has 1 aromatic carbocycles. The van der Waals surface area contributed by atoms with Gasteiger partial charge in [0.05, 0.1) is 10.6 Å². The number of benzene rings is 1. The first-order valence-corrected chi connectivity index (χ1v) is 8.21. The third-order valence-corrected chi connectivity index (χ3v) is 4.98. The molecule has 1 aliphatic heterocycles. The van der Waals surface area contributed by atoms with Crippen LogP contribution < -0.4 is 0 Å². The summed E-state index contributed by atoms with van der Waals surface area (Å²) in [4.78, 5) is 5.11. The lowest BCUT2D eigenvalue weighted by molar-refractivity contribution is 0.424. The van der Waals surface area contributed by atoms with E-state index in [1.165, 1.54) is 11.3 Å². The second kappa shape index (κ2) is 5.71. The van der Waals surface area contributed by atoms with Gasteiger partial charge in [0.15, 0.2) is 3.95 Å². The van der Waals surface area contributed by atoms with E-state index in [-0.39, 0.29) is 5.88 Å². The maximum atomic E-state index is 10.3. The van der Waals surface area contributed by atoms with Crippen LogP contribution in [0.2, 0.25) is 0 Å². The predicted molar refractivity (Wildman–Crippen MR) is 95.2 cm³/mol. The van der Waals surface area contributed by atoms with Crippen LogP contribution in [0, 0.1) is 3.95 Å². The summed E-state index contributed by atoms with van der Waals surface area (Å²) in [6.45, 7) is 4.18. The number of aromatic nitrogens is 1. The smallest absolute Gasteiger partial charge is 0.210 e. The van der Waals surface area contributed by atoms with Crippen LogP contribution in [0.1, 0.15) is 10.4 Å². The first kappa shape index (κ1) is 14.4. The van der Waals surface area contributed by atoms with E-state index in [0.717, 1.165) is 26.2 Å². The van der Waals surface area contributed by atoms with Gasteiger partial charge in [0, 0.05) is 28.4 Å².